The molecule has 1 aromatic rings. The second-order valence-electron chi connectivity index (χ2n) is 4.69. The molecule has 0 radical (unpaired) electrons. The average Bonchev–Trinajstić information content (AvgIpc) is 2.37. The molecular weight excluding hydrogens is 268 g/mol. The SMILES string of the molecule is CC1CCCN(C(=O)CSc2n[nH]c(=O)[nH]c2=O)C1. The summed E-state index contributed by atoms with van der Waals surface area (Å²) >= 11 is 1.04. The van der Waals surface area contributed by atoms with Crippen molar-refractivity contribution in [3.05, 3.63) is 20.8 Å². The number of rotatable bonds is 3. The number of nitrogens with zero attached hydrogens (tertiary/aromatic N) is 2. The van der Waals surface area contributed by atoms with Gasteiger partial charge in [0.1, 0.15) is 0 Å². The second-order valence-corrected chi connectivity index (χ2v) is 5.65. The third kappa shape index (κ3) is 3.69. The van der Waals surface area contributed by atoms with Crippen LogP contribution in [0, 0.1) is 5.92 Å². The van der Waals surface area contributed by atoms with Crippen LogP contribution in [-0.2, 0) is 4.79 Å². The molecule has 0 bridgehead atoms. The normalized spacial score (nSPS) is 19.4. The molecule has 0 aliphatic carbocycles. The standard InChI is InChI=1S/C11H16N4O3S/c1-7-3-2-4-15(5-7)8(16)6-19-10-9(17)12-11(18)14-13-10/h7H,2-6H2,1H3,(H2,12,14,17,18). The van der Waals surface area contributed by atoms with Gasteiger partial charge in [0, 0.05) is 13.1 Å². The Morgan fingerprint density at radius 2 is 2.32 bits per heavy atom. The number of H-pyrrole nitrogens is 2. The summed E-state index contributed by atoms with van der Waals surface area (Å²) in [4.78, 5) is 38.1. The van der Waals surface area contributed by atoms with E-state index in [1.807, 2.05) is 4.90 Å². The Morgan fingerprint density at radius 3 is 3.00 bits per heavy atom. The number of amides is 1. The fourth-order valence-corrected chi connectivity index (χ4v) is 2.81. The molecule has 1 unspecified atom stereocenters. The first-order valence-electron chi connectivity index (χ1n) is 6.16. The van der Waals surface area contributed by atoms with E-state index >= 15 is 0 Å². The minimum Gasteiger partial charge on any atom is -0.342 e. The summed E-state index contributed by atoms with van der Waals surface area (Å²) in [5.74, 6) is 0.690. The molecule has 2 N–H and O–H groups in total. The maximum Gasteiger partial charge on any atom is 0.342 e. The van der Waals surface area contributed by atoms with E-state index in [1.54, 1.807) is 0 Å². The molecule has 0 saturated carbocycles. The maximum atomic E-state index is 12.0. The molecule has 0 aromatic carbocycles. The monoisotopic (exact) mass is 284 g/mol. The molecule has 8 heteroatoms. The van der Waals surface area contributed by atoms with Crippen molar-refractivity contribution in [1.29, 1.82) is 0 Å². The number of carbonyl (C=O) groups is 1. The van der Waals surface area contributed by atoms with Crippen molar-refractivity contribution in [3.63, 3.8) is 0 Å². The molecule has 1 saturated heterocycles. The Kier molecular flexibility index (Phi) is 4.41. The van der Waals surface area contributed by atoms with Gasteiger partial charge in [0.05, 0.1) is 5.75 Å². The van der Waals surface area contributed by atoms with Crippen LogP contribution in [0.15, 0.2) is 14.6 Å². The van der Waals surface area contributed by atoms with E-state index in [4.69, 9.17) is 0 Å². The van der Waals surface area contributed by atoms with Gasteiger partial charge in [-0.3, -0.25) is 14.6 Å². The van der Waals surface area contributed by atoms with Crippen LogP contribution in [0.1, 0.15) is 19.8 Å². The zero-order chi connectivity index (χ0) is 13.8. The number of nitrogens with one attached hydrogen (secondary N) is 2. The smallest absolute Gasteiger partial charge is 0.342 e. The maximum absolute atomic E-state index is 12.0. The van der Waals surface area contributed by atoms with Crippen molar-refractivity contribution in [3.8, 4) is 0 Å². The van der Waals surface area contributed by atoms with Gasteiger partial charge in [0.15, 0.2) is 5.03 Å². The van der Waals surface area contributed by atoms with E-state index in [0.717, 1.165) is 37.7 Å². The summed E-state index contributed by atoms with van der Waals surface area (Å²) in [6.45, 7) is 3.68. The molecule has 7 nitrogen and oxygen atoms in total. The summed E-state index contributed by atoms with van der Waals surface area (Å²) in [6, 6.07) is 0. The van der Waals surface area contributed by atoms with Gasteiger partial charge in [0.2, 0.25) is 5.91 Å². The van der Waals surface area contributed by atoms with Gasteiger partial charge in [-0.05, 0) is 18.8 Å². The van der Waals surface area contributed by atoms with E-state index in [1.165, 1.54) is 0 Å². The van der Waals surface area contributed by atoms with Crippen molar-refractivity contribution in [2.24, 2.45) is 5.92 Å². The van der Waals surface area contributed by atoms with Crippen LogP contribution < -0.4 is 11.2 Å². The predicted molar refractivity (Wildman–Crippen MR) is 71.2 cm³/mol. The largest absolute Gasteiger partial charge is 0.342 e. The molecule has 0 spiro atoms. The highest BCUT2D eigenvalue weighted by Crippen LogP contribution is 2.17. The van der Waals surface area contributed by atoms with E-state index in [0.29, 0.717) is 5.92 Å². The third-order valence-corrected chi connectivity index (χ3v) is 3.96. The molecular formula is C11H16N4O3S. The quantitative estimate of drug-likeness (QED) is 0.749. The van der Waals surface area contributed by atoms with Crippen molar-refractivity contribution in [1.82, 2.24) is 20.1 Å². The Bertz CT molecular complexity index is 568. The number of carbonyl (C=O) groups excluding carboxylic acids is 1. The lowest BCUT2D eigenvalue weighted by Crippen LogP contribution is -2.40. The highest BCUT2D eigenvalue weighted by atomic mass is 32.2. The lowest BCUT2D eigenvalue weighted by Gasteiger charge is -2.30. The van der Waals surface area contributed by atoms with Crippen LogP contribution in [0.2, 0.25) is 0 Å². The zero-order valence-electron chi connectivity index (χ0n) is 10.6. The third-order valence-electron chi connectivity index (χ3n) is 3.02. The molecule has 1 aliphatic heterocycles. The van der Waals surface area contributed by atoms with Gasteiger partial charge in [-0.15, -0.1) is 0 Å². The van der Waals surface area contributed by atoms with Gasteiger partial charge in [-0.25, -0.2) is 9.89 Å². The number of hydrogen-bond acceptors (Lipinski definition) is 5. The van der Waals surface area contributed by atoms with Gasteiger partial charge in [0.25, 0.3) is 5.56 Å². The Hall–Kier alpha value is -1.57. The van der Waals surface area contributed by atoms with E-state index in [9.17, 15) is 14.4 Å². The summed E-state index contributed by atoms with van der Waals surface area (Å²) in [5, 5.41) is 5.87. The van der Waals surface area contributed by atoms with Crippen LogP contribution in [0.4, 0.5) is 0 Å². The highest BCUT2D eigenvalue weighted by Gasteiger charge is 2.21. The van der Waals surface area contributed by atoms with Crippen molar-refractivity contribution < 1.29 is 4.79 Å². The molecule has 2 rings (SSSR count). The van der Waals surface area contributed by atoms with Crippen LogP contribution in [0.25, 0.3) is 0 Å². The molecule has 1 aromatic heterocycles. The molecule has 1 atom stereocenters. The van der Waals surface area contributed by atoms with Crippen LogP contribution in [0.5, 0.6) is 0 Å². The van der Waals surface area contributed by atoms with Gasteiger partial charge in [-0.2, -0.15) is 5.10 Å². The average molecular weight is 284 g/mol. The van der Waals surface area contributed by atoms with Crippen molar-refractivity contribution >= 4 is 17.7 Å². The summed E-state index contributed by atoms with van der Waals surface area (Å²) in [7, 11) is 0. The van der Waals surface area contributed by atoms with E-state index < -0.39 is 11.2 Å². The first-order valence-corrected chi connectivity index (χ1v) is 7.14. The number of aromatic amines is 2. The second kappa shape index (κ2) is 6.05. The fourth-order valence-electron chi connectivity index (χ4n) is 2.07. The van der Waals surface area contributed by atoms with E-state index in [-0.39, 0.29) is 16.7 Å². The summed E-state index contributed by atoms with van der Waals surface area (Å²) in [5.41, 5.74) is -1.21. The topological polar surface area (TPSA) is 98.9 Å². The number of piperidine rings is 1. The predicted octanol–water partition coefficient (Wildman–Crippen LogP) is -0.191. The van der Waals surface area contributed by atoms with Crippen molar-refractivity contribution in [2.45, 2.75) is 24.8 Å². The van der Waals surface area contributed by atoms with Crippen LogP contribution in [-0.4, -0.2) is 44.8 Å². The molecule has 1 aliphatic rings. The Labute approximate surface area is 113 Å². The molecule has 1 amide bonds. The Balaban J connectivity index is 1.93. The van der Waals surface area contributed by atoms with Crippen LogP contribution >= 0.6 is 11.8 Å². The molecule has 1 fully saturated rings. The molecule has 2 heterocycles. The zero-order valence-corrected chi connectivity index (χ0v) is 11.5. The number of likely N-dealkylation sites (tertiary alicyclic amines) is 1. The van der Waals surface area contributed by atoms with Gasteiger partial charge < -0.3 is 4.90 Å². The van der Waals surface area contributed by atoms with Crippen LogP contribution in [0.3, 0.4) is 0 Å². The molecule has 19 heavy (non-hydrogen) atoms. The first-order chi connectivity index (χ1) is 9.06. The highest BCUT2D eigenvalue weighted by molar-refractivity contribution is 7.99. The van der Waals surface area contributed by atoms with E-state index in [2.05, 4.69) is 22.1 Å². The Morgan fingerprint density at radius 1 is 1.53 bits per heavy atom. The van der Waals surface area contributed by atoms with Crippen molar-refractivity contribution in [2.75, 3.05) is 18.8 Å². The minimum atomic E-state index is -0.648. The van der Waals surface area contributed by atoms with Gasteiger partial charge >= 0.3 is 5.69 Å². The summed E-state index contributed by atoms with van der Waals surface area (Å²) < 4.78 is 0. The summed E-state index contributed by atoms with van der Waals surface area (Å²) in [6.07, 6.45) is 2.17. The lowest BCUT2D eigenvalue weighted by atomic mass is 10.0. The fraction of sp³-hybridized carbons (Fsp3) is 0.636. The molecule has 104 valence electrons. The van der Waals surface area contributed by atoms with Gasteiger partial charge in [-0.1, -0.05) is 18.7 Å². The minimum absolute atomic E-state index is 0.00366. The number of aromatic nitrogens is 3. The number of thioether (sulfide) groups is 1. The number of hydrogen-bond donors (Lipinski definition) is 2. The first kappa shape index (κ1) is 13.9. The lowest BCUT2D eigenvalue weighted by molar-refractivity contribution is -0.130.